The number of aldehydes is 1. The van der Waals surface area contributed by atoms with Crippen LogP contribution in [-0.4, -0.2) is 63.2 Å². The predicted molar refractivity (Wildman–Crippen MR) is 219 cm³/mol. The number of nitrogens with zero attached hydrogens (tertiary/aromatic N) is 6. The third kappa shape index (κ3) is 10.4. The van der Waals surface area contributed by atoms with Gasteiger partial charge in [-0.25, -0.2) is 4.57 Å². The molecular weight excluding hydrogens is 755 g/mol. The first-order valence-electron chi connectivity index (χ1n) is 19.7. The van der Waals surface area contributed by atoms with Gasteiger partial charge in [0.25, 0.3) is 0 Å². The summed E-state index contributed by atoms with van der Waals surface area (Å²) >= 11 is 0. The molecule has 300 valence electrons. The van der Waals surface area contributed by atoms with Crippen molar-refractivity contribution in [3.8, 4) is 0 Å². The number of para-hydroxylation sites is 2. The van der Waals surface area contributed by atoms with Gasteiger partial charge in [-0.05, 0) is 52.0 Å². The number of fused-ring (bicyclic) bond motifs is 4. The summed E-state index contributed by atoms with van der Waals surface area (Å²) < 4.78 is 8.56. The molecule has 2 aliphatic heterocycles. The molecular formula is C46H54Cl2N6O3. The van der Waals surface area contributed by atoms with Crippen LogP contribution in [0.4, 0.5) is 0 Å². The summed E-state index contributed by atoms with van der Waals surface area (Å²) in [6, 6.07) is 28.8. The standard InChI is InChI=1S/C23H26N3O.C15H18N2O2.C8H10N.2ClH/c1-3-24(4-2)23(27)17-26-16-19(20-9-5-6-11-22(20)26)15-18-12-14-25-13-8-7-10-21(18)25;1-3-16(4-2)15(19)10-17-9-12(11-18)13-7-5-6-8-14(13)17;1-2-6-9-7-3-5-8(9)4-1;;/h5-11,13,15-16H,3-4,12,14,17H2,1-2H3;5-9,11H,3-4,10H2,1-2H3;1-2,4,6H,3,5,7H2;2*1H/q+1;;+1;;/p-2. The smallest absolute Gasteiger partial charge is 0.242 e. The number of carbonyl (C=O) groups is 3. The van der Waals surface area contributed by atoms with Crippen molar-refractivity contribution in [1.29, 1.82) is 0 Å². The number of hydrogen-bond acceptors (Lipinski definition) is 3. The van der Waals surface area contributed by atoms with Crippen LogP contribution in [0.15, 0.2) is 110 Å². The Kier molecular flexibility index (Phi) is 16.6. The Labute approximate surface area is 349 Å². The van der Waals surface area contributed by atoms with E-state index in [0.29, 0.717) is 25.2 Å². The zero-order valence-corrected chi connectivity index (χ0v) is 35.0. The lowest BCUT2D eigenvalue weighted by Gasteiger charge is -2.19. The van der Waals surface area contributed by atoms with Gasteiger partial charge in [-0.15, -0.1) is 0 Å². The number of carbonyl (C=O) groups excluding carboxylic acids is 3. The molecule has 0 spiro atoms. The molecule has 0 atom stereocenters. The van der Waals surface area contributed by atoms with Crippen molar-refractivity contribution < 1.29 is 48.3 Å². The Bertz CT molecular complexity index is 2280. The van der Waals surface area contributed by atoms with Crippen LogP contribution in [0.5, 0.6) is 0 Å². The predicted octanol–water partition coefficient (Wildman–Crippen LogP) is 0.992. The molecule has 0 aliphatic carbocycles. The fraction of sp³-hybridized carbons (Fsp3) is 0.326. The largest absolute Gasteiger partial charge is 1.00 e. The maximum absolute atomic E-state index is 12.6. The van der Waals surface area contributed by atoms with E-state index in [1.165, 1.54) is 47.3 Å². The van der Waals surface area contributed by atoms with Gasteiger partial charge < -0.3 is 43.7 Å². The normalized spacial score (nSPS) is 12.9. The van der Waals surface area contributed by atoms with Crippen molar-refractivity contribution in [1.82, 2.24) is 18.9 Å². The average Bonchev–Trinajstić information content (AvgIpc) is 4.02. The molecule has 6 aromatic rings. The first-order chi connectivity index (χ1) is 26.9. The van der Waals surface area contributed by atoms with Crippen LogP contribution >= 0.6 is 0 Å². The molecule has 0 bridgehead atoms. The van der Waals surface area contributed by atoms with Gasteiger partial charge in [0.1, 0.15) is 19.6 Å². The van der Waals surface area contributed by atoms with Crippen molar-refractivity contribution in [2.45, 2.75) is 73.1 Å². The maximum Gasteiger partial charge on any atom is 0.242 e. The van der Waals surface area contributed by atoms with Crippen LogP contribution in [0.1, 0.15) is 67.8 Å². The number of benzene rings is 2. The Morgan fingerprint density at radius 1 is 0.632 bits per heavy atom. The minimum absolute atomic E-state index is 0. The van der Waals surface area contributed by atoms with E-state index >= 15 is 0 Å². The highest BCUT2D eigenvalue weighted by Gasteiger charge is 2.24. The lowest BCUT2D eigenvalue weighted by Crippen LogP contribution is -3.00. The first kappa shape index (κ1) is 44.5. The van der Waals surface area contributed by atoms with Crippen molar-refractivity contribution in [2.24, 2.45) is 0 Å². The number of halogens is 2. The summed E-state index contributed by atoms with van der Waals surface area (Å²) in [6.45, 7) is 13.8. The van der Waals surface area contributed by atoms with Crippen molar-refractivity contribution in [3.63, 3.8) is 0 Å². The number of amides is 2. The van der Waals surface area contributed by atoms with Gasteiger partial charge in [0, 0.05) is 121 Å². The third-order valence-corrected chi connectivity index (χ3v) is 10.7. The molecule has 0 unspecified atom stereocenters. The zero-order valence-electron chi connectivity index (χ0n) is 33.5. The van der Waals surface area contributed by atoms with Gasteiger partial charge in [-0.3, -0.25) is 14.4 Å². The molecule has 11 heteroatoms. The lowest BCUT2D eigenvalue weighted by atomic mass is 10.1. The molecule has 57 heavy (non-hydrogen) atoms. The average molecular weight is 810 g/mol. The molecule has 2 amide bonds. The number of aryl methyl sites for hydroxylation is 3. The van der Waals surface area contributed by atoms with E-state index in [1.807, 2.05) is 67.5 Å². The van der Waals surface area contributed by atoms with Crippen LogP contribution in [-0.2, 0) is 42.2 Å². The second kappa shape index (κ2) is 21.3. The summed E-state index contributed by atoms with van der Waals surface area (Å²) in [5.74, 6) is 0.241. The minimum atomic E-state index is 0. The van der Waals surface area contributed by atoms with E-state index in [9.17, 15) is 14.4 Å². The molecule has 0 fully saturated rings. The Morgan fingerprint density at radius 2 is 1.14 bits per heavy atom. The van der Waals surface area contributed by atoms with E-state index < -0.39 is 0 Å². The molecule has 0 saturated carbocycles. The molecule has 6 heterocycles. The molecule has 9 nitrogen and oxygen atoms in total. The van der Waals surface area contributed by atoms with Crippen molar-refractivity contribution in [3.05, 3.63) is 132 Å². The van der Waals surface area contributed by atoms with Crippen LogP contribution in [0.3, 0.4) is 0 Å². The van der Waals surface area contributed by atoms with Gasteiger partial charge in [-0.2, -0.15) is 4.57 Å². The number of hydrogen-bond donors (Lipinski definition) is 0. The molecule has 4 aromatic heterocycles. The summed E-state index contributed by atoms with van der Waals surface area (Å²) in [7, 11) is 0. The number of likely N-dealkylation sites (N-methyl/N-ethyl adjacent to an activating group) is 2. The van der Waals surface area contributed by atoms with E-state index in [1.54, 1.807) is 11.1 Å². The summed E-state index contributed by atoms with van der Waals surface area (Å²) in [5, 5.41) is 2.09. The molecule has 0 saturated heterocycles. The molecule has 2 aromatic carbocycles. The fourth-order valence-corrected chi connectivity index (χ4v) is 7.72. The molecule has 0 radical (unpaired) electrons. The molecule has 0 N–H and O–H groups in total. The Hall–Kier alpha value is -5.25. The summed E-state index contributed by atoms with van der Waals surface area (Å²) in [5.41, 5.74) is 7.97. The second-order valence-electron chi connectivity index (χ2n) is 13.9. The van der Waals surface area contributed by atoms with E-state index in [4.69, 9.17) is 0 Å². The van der Waals surface area contributed by atoms with Gasteiger partial charge in [0.05, 0.1) is 0 Å². The highest BCUT2D eigenvalue weighted by molar-refractivity contribution is 5.98. The summed E-state index contributed by atoms with van der Waals surface area (Å²) in [4.78, 5) is 39.5. The van der Waals surface area contributed by atoms with Crippen LogP contribution < -0.4 is 33.9 Å². The van der Waals surface area contributed by atoms with Crippen LogP contribution in [0, 0.1) is 0 Å². The number of pyridine rings is 2. The number of aromatic nitrogens is 4. The third-order valence-electron chi connectivity index (χ3n) is 10.7. The summed E-state index contributed by atoms with van der Waals surface area (Å²) in [6.07, 6.45) is 14.9. The van der Waals surface area contributed by atoms with Gasteiger partial charge in [0.2, 0.25) is 17.5 Å². The second-order valence-corrected chi connectivity index (χ2v) is 13.9. The SMILES string of the molecule is CCN(CC)C(=O)Cn1cc(/C=C2\CC[n+]3ccccc32)c2ccccc21.CCN(CC)C(=O)Cn1cc(C=O)c2ccccc21.[Cl-].[Cl-].c1cc[n+]2c(c1)CCC2. The zero-order chi connectivity index (χ0) is 38.7. The van der Waals surface area contributed by atoms with Gasteiger partial charge in [-0.1, -0.05) is 42.5 Å². The molecule has 2 aliphatic rings. The van der Waals surface area contributed by atoms with E-state index in [0.717, 1.165) is 48.8 Å². The van der Waals surface area contributed by atoms with Gasteiger partial charge in [0.15, 0.2) is 30.9 Å². The fourth-order valence-electron chi connectivity index (χ4n) is 7.72. The maximum atomic E-state index is 12.6. The monoisotopic (exact) mass is 808 g/mol. The van der Waals surface area contributed by atoms with Gasteiger partial charge >= 0.3 is 0 Å². The van der Waals surface area contributed by atoms with Crippen molar-refractivity contribution >= 4 is 51.6 Å². The Balaban J connectivity index is 0.000000208. The lowest BCUT2D eigenvalue weighted by molar-refractivity contribution is -0.690. The van der Waals surface area contributed by atoms with E-state index in [-0.39, 0.29) is 43.2 Å². The van der Waals surface area contributed by atoms with Crippen LogP contribution in [0.25, 0.3) is 33.5 Å². The van der Waals surface area contributed by atoms with E-state index in [2.05, 4.69) is 93.0 Å². The highest BCUT2D eigenvalue weighted by Crippen LogP contribution is 2.29. The topological polar surface area (TPSA) is 75.3 Å². The van der Waals surface area contributed by atoms with Crippen LogP contribution in [0.2, 0.25) is 0 Å². The van der Waals surface area contributed by atoms with Crippen molar-refractivity contribution in [2.75, 3.05) is 26.2 Å². The minimum Gasteiger partial charge on any atom is -1.00 e. The number of allylic oxidation sites excluding steroid dienone is 1. The highest BCUT2D eigenvalue weighted by atomic mass is 35.5. The molecule has 8 rings (SSSR count). The first-order valence-corrected chi connectivity index (χ1v) is 19.7. The quantitative estimate of drug-likeness (QED) is 0.153. The number of rotatable bonds is 10. The Morgan fingerprint density at radius 3 is 1.70 bits per heavy atom.